The minimum atomic E-state index is -0.164. The summed E-state index contributed by atoms with van der Waals surface area (Å²) in [5.74, 6) is 1.13. The largest absolute Gasteiger partial charge is 0.493 e. The second-order valence-corrected chi connectivity index (χ2v) is 7.28. The van der Waals surface area contributed by atoms with Gasteiger partial charge in [0.1, 0.15) is 0 Å². The van der Waals surface area contributed by atoms with E-state index in [4.69, 9.17) is 9.47 Å². The lowest BCUT2D eigenvalue weighted by atomic mass is 10.1. The summed E-state index contributed by atoms with van der Waals surface area (Å²) in [5.41, 5.74) is 2.48. The first-order valence-electron chi connectivity index (χ1n) is 9.45. The number of benzene rings is 2. The van der Waals surface area contributed by atoms with Crippen LogP contribution in [0.15, 0.2) is 42.5 Å². The van der Waals surface area contributed by atoms with Crippen LogP contribution < -0.4 is 14.8 Å². The SMILES string of the molecule is COc1cc(C(=O)Nc2cccc(CN(C)C)c2)ccc1OC1CCCC1. The maximum atomic E-state index is 12.7. The Morgan fingerprint density at radius 1 is 1.11 bits per heavy atom. The van der Waals surface area contributed by atoms with E-state index >= 15 is 0 Å². The molecule has 0 saturated heterocycles. The molecule has 1 saturated carbocycles. The smallest absolute Gasteiger partial charge is 0.255 e. The zero-order chi connectivity index (χ0) is 19.2. The highest BCUT2D eigenvalue weighted by atomic mass is 16.5. The van der Waals surface area contributed by atoms with E-state index in [1.165, 1.54) is 12.8 Å². The molecule has 0 radical (unpaired) electrons. The number of nitrogens with one attached hydrogen (secondary N) is 1. The third-order valence-corrected chi connectivity index (χ3v) is 4.71. The van der Waals surface area contributed by atoms with Crippen molar-refractivity contribution in [2.45, 2.75) is 38.3 Å². The molecule has 1 fully saturated rings. The first-order chi connectivity index (χ1) is 13.0. The number of hydrogen-bond donors (Lipinski definition) is 1. The van der Waals surface area contributed by atoms with Gasteiger partial charge in [0, 0.05) is 17.8 Å². The van der Waals surface area contributed by atoms with Gasteiger partial charge in [0.2, 0.25) is 0 Å². The fourth-order valence-corrected chi connectivity index (χ4v) is 3.41. The molecule has 5 nitrogen and oxygen atoms in total. The van der Waals surface area contributed by atoms with Gasteiger partial charge in [-0.25, -0.2) is 0 Å². The summed E-state index contributed by atoms with van der Waals surface area (Å²) in [5, 5.41) is 2.96. The van der Waals surface area contributed by atoms with Crippen LogP contribution in [0.2, 0.25) is 0 Å². The molecule has 1 N–H and O–H groups in total. The van der Waals surface area contributed by atoms with Gasteiger partial charge in [0.15, 0.2) is 11.5 Å². The predicted molar refractivity (Wildman–Crippen MR) is 108 cm³/mol. The minimum absolute atomic E-state index is 0.164. The highest BCUT2D eigenvalue weighted by molar-refractivity contribution is 6.04. The maximum Gasteiger partial charge on any atom is 0.255 e. The van der Waals surface area contributed by atoms with E-state index < -0.39 is 0 Å². The molecule has 0 heterocycles. The Kier molecular flexibility index (Phi) is 6.35. The van der Waals surface area contributed by atoms with Gasteiger partial charge in [-0.15, -0.1) is 0 Å². The molecular formula is C22H28N2O3. The molecule has 0 aliphatic heterocycles. The highest BCUT2D eigenvalue weighted by Crippen LogP contribution is 2.32. The fourth-order valence-electron chi connectivity index (χ4n) is 3.41. The third-order valence-electron chi connectivity index (χ3n) is 4.71. The van der Waals surface area contributed by atoms with Crippen molar-refractivity contribution >= 4 is 11.6 Å². The van der Waals surface area contributed by atoms with Gasteiger partial charge in [-0.2, -0.15) is 0 Å². The van der Waals surface area contributed by atoms with Crippen LogP contribution in [0.25, 0.3) is 0 Å². The molecule has 3 rings (SSSR count). The van der Waals surface area contributed by atoms with E-state index in [0.29, 0.717) is 17.1 Å². The average molecular weight is 368 g/mol. The molecule has 0 unspecified atom stereocenters. The van der Waals surface area contributed by atoms with Crippen molar-refractivity contribution in [1.82, 2.24) is 4.90 Å². The zero-order valence-corrected chi connectivity index (χ0v) is 16.3. The molecule has 0 spiro atoms. The lowest BCUT2D eigenvalue weighted by Crippen LogP contribution is -2.15. The summed E-state index contributed by atoms with van der Waals surface area (Å²) in [4.78, 5) is 14.7. The lowest BCUT2D eigenvalue weighted by Gasteiger charge is -2.16. The Balaban J connectivity index is 1.71. The van der Waals surface area contributed by atoms with E-state index in [9.17, 15) is 4.79 Å². The number of carbonyl (C=O) groups is 1. The molecule has 5 heteroatoms. The molecule has 2 aromatic carbocycles. The topological polar surface area (TPSA) is 50.8 Å². The van der Waals surface area contributed by atoms with Crippen molar-refractivity contribution in [3.63, 3.8) is 0 Å². The van der Waals surface area contributed by atoms with Crippen LogP contribution in [-0.2, 0) is 6.54 Å². The van der Waals surface area contributed by atoms with Gasteiger partial charge < -0.3 is 19.7 Å². The summed E-state index contributed by atoms with van der Waals surface area (Å²) >= 11 is 0. The van der Waals surface area contributed by atoms with Gasteiger partial charge in [-0.3, -0.25) is 4.79 Å². The van der Waals surface area contributed by atoms with Gasteiger partial charge in [-0.05, 0) is 75.7 Å². The second kappa shape index (κ2) is 8.91. The third kappa shape index (κ3) is 5.23. The number of hydrogen-bond acceptors (Lipinski definition) is 4. The standard InChI is InChI=1S/C22H28N2O3/c1-24(2)15-16-7-6-8-18(13-16)23-22(25)17-11-12-20(21(14-17)26-3)27-19-9-4-5-10-19/h6-8,11-14,19H,4-5,9-10,15H2,1-3H3,(H,23,25). The maximum absolute atomic E-state index is 12.7. The van der Waals surface area contributed by atoms with Crippen molar-refractivity contribution in [3.8, 4) is 11.5 Å². The van der Waals surface area contributed by atoms with Crippen LogP contribution in [0.5, 0.6) is 11.5 Å². The number of nitrogens with zero attached hydrogens (tertiary/aromatic N) is 1. The van der Waals surface area contributed by atoms with Gasteiger partial charge in [-0.1, -0.05) is 12.1 Å². The number of amides is 1. The van der Waals surface area contributed by atoms with Crippen LogP contribution in [0.4, 0.5) is 5.69 Å². The number of methoxy groups -OCH3 is 1. The van der Waals surface area contributed by atoms with Gasteiger partial charge in [0.05, 0.1) is 13.2 Å². The molecule has 1 aliphatic rings. The number of rotatable bonds is 7. The summed E-state index contributed by atoms with van der Waals surface area (Å²) in [6.45, 7) is 0.824. The predicted octanol–water partition coefficient (Wildman–Crippen LogP) is 4.33. The normalized spacial score (nSPS) is 14.4. The quantitative estimate of drug-likeness (QED) is 0.790. The highest BCUT2D eigenvalue weighted by Gasteiger charge is 2.19. The molecular weight excluding hydrogens is 340 g/mol. The lowest BCUT2D eigenvalue weighted by molar-refractivity contribution is 0.102. The fraction of sp³-hybridized carbons (Fsp3) is 0.409. The minimum Gasteiger partial charge on any atom is -0.493 e. The number of anilines is 1. The van der Waals surface area contributed by atoms with E-state index in [0.717, 1.165) is 30.6 Å². The monoisotopic (exact) mass is 368 g/mol. The Hall–Kier alpha value is -2.53. The molecule has 144 valence electrons. The molecule has 0 bridgehead atoms. The molecule has 0 aromatic heterocycles. The van der Waals surface area contributed by atoms with Crippen molar-refractivity contribution in [2.75, 3.05) is 26.5 Å². The molecule has 27 heavy (non-hydrogen) atoms. The van der Waals surface area contributed by atoms with E-state index in [1.54, 1.807) is 19.2 Å². The summed E-state index contributed by atoms with van der Waals surface area (Å²) in [6.07, 6.45) is 4.82. The average Bonchev–Trinajstić information content (AvgIpc) is 3.15. The first-order valence-corrected chi connectivity index (χ1v) is 9.45. The Morgan fingerprint density at radius 2 is 1.89 bits per heavy atom. The Bertz CT molecular complexity index is 783. The number of ether oxygens (including phenoxy) is 2. The summed E-state index contributed by atoms with van der Waals surface area (Å²) in [7, 11) is 5.64. The van der Waals surface area contributed by atoms with Gasteiger partial charge >= 0.3 is 0 Å². The van der Waals surface area contributed by atoms with E-state index in [-0.39, 0.29) is 12.0 Å². The second-order valence-electron chi connectivity index (χ2n) is 7.28. The van der Waals surface area contributed by atoms with Crippen LogP contribution in [0.3, 0.4) is 0 Å². The summed E-state index contributed by atoms with van der Waals surface area (Å²) in [6, 6.07) is 13.2. The summed E-state index contributed by atoms with van der Waals surface area (Å²) < 4.78 is 11.5. The van der Waals surface area contributed by atoms with Crippen LogP contribution >= 0.6 is 0 Å². The molecule has 1 aliphatic carbocycles. The first kappa shape index (κ1) is 19.2. The van der Waals surface area contributed by atoms with Crippen molar-refractivity contribution in [1.29, 1.82) is 0 Å². The van der Waals surface area contributed by atoms with Crippen molar-refractivity contribution in [2.24, 2.45) is 0 Å². The Labute approximate surface area is 161 Å². The van der Waals surface area contributed by atoms with Crippen LogP contribution in [0.1, 0.15) is 41.6 Å². The van der Waals surface area contributed by atoms with Crippen molar-refractivity contribution < 1.29 is 14.3 Å². The number of carbonyl (C=O) groups excluding carboxylic acids is 1. The zero-order valence-electron chi connectivity index (χ0n) is 16.3. The molecule has 1 amide bonds. The Morgan fingerprint density at radius 3 is 2.59 bits per heavy atom. The molecule has 0 atom stereocenters. The van der Waals surface area contributed by atoms with E-state index in [1.807, 2.05) is 44.4 Å². The molecule has 2 aromatic rings. The van der Waals surface area contributed by atoms with Crippen LogP contribution in [0, 0.1) is 0 Å². The van der Waals surface area contributed by atoms with Gasteiger partial charge in [0.25, 0.3) is 5.91 Å². The van der Waals surface area contributed by atoms with E-state index in [2.05, 4.69) is 10.2 Å². The van der Waals surface area contributed by atoms with Crippen molar-refractivity contribution in [3.05, 3.63) is 53.6 Å². The van der Waals surface area contributed by atoms with Crippen LogP contribution in [-0.4, -0.2) is 38.1 Å².